The zero-order valence-corrected chi connectivity index (χ0v) is 11.7. The minimum atomic E-state index is 0.0649. The van der Waals surface area contributed by atoms with Crippen molar-refractivity contribution in [1.82, 2.24) is 9.97 Å². The number of H-pyrrole nitrogens is 1. The van der Waals surface area contributed by atoms with E-state index in [1.165, 1.54) is 16.9 Å². The highest BCUT2D eigenvalue weighted by molar-refractivity contribution is 7.18. The van der Waals surface area contributed by atoms with Gasteiger partial charge in [0.25, 0.3) is 5.56 Å². The molecule has 1 aliphatic rings. The standard InChI is InChI=1S/C14H18N2OS/c1-3-4-11-15-13(17)12-9-7-8(2)5-6-10(9)18-14(12)16-11/h8H,3-7H2,1-2H3,(H,15,16,17). The van der Waals surface area contributed by atoms with Crippen molar-refractivity contribution in [2.75, 3.05) is 0 Å². The lowest BCUT2D eigenvalue weighted by molar-refractivity contribution is 0.508. The molecule has 96 valence electrons. The number of rotatable bonds is 2. The summed E-state index contributed by atoms with van der Waals surface area (Å²) in [7, 11) is 0. The Bertz CT molecular complexity index is 641. The van der Waals surface area contributed by atoms with Crippen LogP contribution in [0.3, 0.4) is 0 Å². The first-order chi connectivity index (χ1) is 8.69. The van der Waals surface area contributed by atoms with Gasteiger partial charge in [-0.3, -0.25) is 4.79 Å². The van der Waals surface area contributed by atoms with Crippen LogP contribution in [-0.4, -0.2) is 9.97 Å². The molecule has 0 radical (unpaired) electrons. The van der Waals surface area contributed by atoms with Crippen molar-refractivity contribution in [3.8, 4) is 0 Å². The fourth-order valence-corrected chi connectivity index (χ4v) is 3.99. The van der Waals surface area contributed by atoms with Gasteiger partial charge in [0.2, 0.25) is 0 Å². The van der Waals surface area contributed by atoms with Gasteiger partial charge in [-0.25, -0.2) is 4.98 Å². The molecule has 0 amide bonds. The quantitative estimate of drug-likeness (QED) is 0.904. The fourth-order valence-electron chi connectivity index (χ4n) is 2.76. The van der Waals surface area contributed by atoms with E-state index in [1.54, 1.807) is 11.3 Å². The summed E-state index contributed by atoms with van der Waals surface area (Å²) in [5.74, 6) is 1.52. The lowest BCUT2D eigenvalue weighted by Crippen LogP contribution is -2.15. The summed E-state index contributed by atoms with van der Waals surface area (Å²) in [6.45, 7) is 4.37. The van der Waals surface area contributed by atoms with Crippen LogP contribution in [0.2, 0.25) is 0 Å². The van der Waals surface area contributed by atoms with Gasteiger partial charge in [0.05, 0.1) is 5.39 Å². The molecule has 2 aromatic heterocycles. The van der Waals surface area contributed by atoms with E-state index in [1.807, 2.05) is 0 Å². The van der Waals surface area contributed by atoms with Crippen molar-refractivity contribution in [2.24, 2.45) is 5.92 Å². The smallest absolute Gasteiger partial charge is 0.259 e. The van der Waals surface area contributed by atoms with E-state index in [9.17, 15) is 4.79 Å². The second kappa shape index (κ2) is 4.50. The average Bonchev–Trinajstić information content (AvgIpc) is 2.67. The summed E-state index contributed by atoms with van der Waals surface area (Å²) < 4.78 is 0. The maximum atomic E-state index is 12.2. The van der Waals surface area contributed by atoms with E-state index in [4.69, 9.17) is 0 Å². The van der Waals surface area contributed by atoms with E-state index in [0.717, 1.165) is 41.7 Å². The molecule has 2 heterocycles. The molecule has 1 unspecified atom stereocenters. The topological polar surface area (TPSA) is 45.8 Å². The maximum absolute atomic E-state index is 12.2. The second-order valence-electron chi connectivity index (χ2n) is 5.29. The molecule has 3 rings (SSSR count). The Morgan fingerprint density at radius 3 is 3.11 bits per heavy atom. The molecule has 2 aromatic rings. The third kappa shape index (κ3) is 1.88. The third-order valence-electron chi connectivity index (χ3n) is 3.70. The van der Waals surface area contributed by atoms with Gasteiger partial charge in [0.1, 0.15) is 10.7 Å². The van der Waals surface area contributed by atoms with E-state index in [-0.39, 0.29) is 5.56 Å². The molecule has 1 atom stereocenters. The minimum absolute atomic E-state index is 0.0649. The Hall–Kier alpha value is -1.16. The van der Waals surface area contributed by atoms with Crippen molar-refractivity contribution in [3.63, 3.8) is 0 Å². The molecule has 1 aliphatic carbocycles. The predicted octanol–water partition coefficient (Wildman–Crippen LogP) is 3.06. The largest absolute Gasteiger partial charge is 0.310 e. The molecular formula is C14H18N2OS. The van der Waals surface area contributed by atoms with Crippen LogP contribution in [0.4, 0.5) is 0 Å². The molecule has 0 fully saturated rings. The molecule has 18 heavy (non-hydrogen) atoms. The lowest BCUT2D eigenvalue weighted by atomic mass is 9.89. The van der Waals surface area contributed by atoms with Gasteiger partial charge in [-0.05, 0) is 37.2 Å². The first kappa shape index (κ1) is 11.9. The minimum Gasteiger partial charge on any atom is -0.310 e. The van der Waals surface area contributed by atoms with E-state index in [0.29, 0.717) is 5.92 Å². The zero-order chi connectivity index (χ0) is 12.7. The number of hydrogen-bond donors (Lipinski definition) is 1. The highest BCUT2D eigenvalue weighted by atomic mass is 32.1. The maximum Gasteiger partial charge on any atom is 0.259 e. The molecule has 0 saturated carbocycles. The SMILES string of the molecule is CCCc1nc2sc3c(c2c(=O)[nH]1)CC(C)CC3. The van der Waals surface area contributed by atoms with E-state index >= 15 is 0 Å². The number of aryl methyl sites for hydroxylation is 2. The zero-order valence-electron chi connectivity index (χ0n) is 10.9. The van der Waals surface area contributed by atoms with Crippen LogP contribution >= 0.6 is 11.3 Å². The first-order valence-electron chi connectivity index (χ1n) is 6.72. The summed E-state index contributed by atoms with van der Waals surface area (Å²) >= 11 is 1.72. The van der Waals surface area contributed by atoms with Gasteiger partial charge in [0.15, 0.2) is 0 Å². The number of nitrogens with one attached hydrogen (secondary N) is 1. The van der Waals surface area contributed by atoms with Crippen LogP contribution < -0.4 is 5.56 Å². The van der Waals surface area contributed by atoms with Crippen molar-refractivity contribution in [1.29, 1.82) is 0 Å². The third-order valence-corrected chi connectivity index (χ3v) is 4.88. The second-order valence-corrected chi connectivity index (χ2v) is 6.38. The van der Waals surface area contributed by atoms with Crippen LogP contribution in [-0.2, 0) is 19.3 Å². The number of thiophene rings is 1. The number of fused-ring (bicyclic) bond motifs is 3. The highest BCUT2D eigenvalue weighted by Gasteiger charge is 2.22. The summed E-state index contributed by atoms with van der Waals surface area (Å²) in [5, 5.41) is 0.862. The van der Waals surface area contributed by atoms with Crippen molar-refractivity contribution >= 4 is 21.6 Å². The van der Waals surface area contributed by atoms with Gasteiger partial charge >= 0.3 is 0 Å². The van der Waals surface area contributed by atoms with Crippen LogP contribution in [0.1, 0.15) is 43.0 Å². The number of aromatic nitrogens is 2. The predicted molar refractivity (Wildman–Crippen MR) is 75.4 cm³/mol. The molecular weight excluding hydrogens is 244 g/mol. The van der Waals surface area contributed by atoms with Gasteiger partial charge < -0.3 is 4.98 Å². The Balaban J connectivity index is 2.20. The number of nitrogens with zero attached hydrogens (tertiary/aromatic N) is 1. The van der Waals surface area contributed by atoms with E-state index in [2.05, 4.69) is 23.8 Å². The molecule has 0 aromatic carbocycles. The molecule has 3 nitrogen and oxygen atoms in total. The van der Waals surface area contributed by atoms with Gasteiger partial charge in [-0.1, -0.05) is 13.8 Å². The van der Waals surface area contributed by atoms with Crippen LogP contribution in [0.15, 0.2) is 4.79 Å². The molecule has 4 heteroatoms. The molecule has 0 bridgehead atoms. The molecule has 0 saturated heterocycles. The monoisotopic (exact) mass is 262 g/mol. The molecule has 0 spiro atoms. The van der Waals surface area contributed by atoms with Crippen molar-refractivity contribution in [2.45, 2.75) is 46.0 Å². The normalized spacial score (nSPS) is 19.1. The highest BCUT2D eigenvalue weighted by Crippen LogP contribution is 2.35. The number of aromatic amines is 1. The van der Waals surface area contributed by atoms with Crippen LogP contribution in [0, 0.1) is 5.92 Å². The average molecular weight is 262 g/mol. The van der Waals surface area contributed by atoms with Crippen molar-refractivity contribution < 1.29 is 0 Å². The number of hydrogen-bond acceptors (Lipinski definition) is 3. The Kier molecular flexibility index (Phi) is 2.98. The molecule has 0 aliphatic heterocycles. The summed E-state index contributed by atoms with van der Waals surface area (Å²) in [6.07, 6.45) is 5.24. The lowest BCUT2D eigenvalue weighted by Gasteiger charge is -2.17. The Labute approximate surface area is 110 Å². The van der Waals surface area contributed by atoms with Crippen LogP contribution in [0.5, 0.6) is 0 Å². The van der Waals surface area contributed by atoms with E-state index < -0.39 is 0 Å². The summed E-state index contributed by atoms with van der Waals surface area (Å²) in [4.78, 5) is 22.1. The Morgan fingerprint density at radius 2 is 2.33 bits per heavy atom. The summed E-state index contributed by atoms with van der Waals surface area (Å²) in [6, 6.07) is 0. The fraction of sp³-hybridized carbons (Fsp3) is 0.571. The van der Waals surface area contributed by atoms with Crippen molar-refractivity contribution in [3.05, 3.63) is 26.6 Å². The first-order valence-corrected chi connectivity index (χ1v) is 7.54. The van der Waals surface area contributed by atoms with Crippen LogP contribution in [0.25, 0.3) is 10.2 Å². The van der Waals surface area contributed by atoms with Gasteiger partial charge in [0, 0.05) is 11.3 Å². The van der Waals surface area contributed by atoms with Gasteiger partial charge in [-0.15, -0.1) is 11.3 Å². The molecule has 1 N–H and O–H groups in total. The van der Waals surface area contributed by atoms with Gasteiger partial charge in [-0.2, -0.15) is 0 Å². The summed E-state index contributed by atoms with van der Waals surface area (Å²) in [5.41, 5.74) is 1.33. The Morgan fingerprint density at radius 1 is 1.50 bits per heavy atom.